The van der Waals surface area contributed by atoms with Crippen LogP contribution in [0.15, 0.2) is 30.5 Å². The SMILES string of the molecule is CC[C@H]1OC(=O)[C@H](C)[C@@H](C2C[C@@](C)(OC)[C@@H](O)[C@H](C)O2)[C@H](C)[C@@H](O[C@H]2C[C@@H](N(C)CCc3cn(C(CF)C(OC)c4ccc(CC(=O)N(C)C)cc4)nn3)C[C@@H](C)O2)[C@@H](C)C[C@@H](C)CN(C)[C@H](C)[C@@H](O)[C@]1(C)O. The van der Waals surface area contributed by atoms with Gasteiger partial charge in [-0.1, -0.05) is 64.1 Å². The number of carbonyl (C=O) groups is 2. The smallest absolute Gasteiger partial charge is 0.309 e. The van der Waals surface area contributed by atoms with Crippen molar-refractivity contribution in [2.75, 3.05) is 62.2 Å². The summed E-state index contributed by atoms with van der Waals surface area (Å²) in [5.74, 6) is -1.97. The van der Waals surface area contributed by atoms with Crippen molar-refractivity contribution >= 4 is 11.9 Å². The summed E-state index contributed by atoms with van der Waals surface area (Å²) >= 11 is 0. The number of rotatable bonds is 16. The van der Waals surface area contributed by atoms with Crippen LogP contribution in [-0.4, -0.2) is 191 Å². The zero-order valence-corrected chi connectivity index (χ0v) is 46.9. The molecule has 0 radical (unpaired) electrons. The molecule has 3 aliphatic heterocycles. The number of aliphatic hydroxyl groups is 3. The molecule has 3 N–H and O–H groups in total. The van der Waals surface area contributed by atoms with E-state index in [1.165, 1.54) is 0 Å². The van der Waals surface area contributed by atoms with Crippen molar-refractivity contribution in [2.45, 2.75) is 199 Å². The van der Waals surface area contributed by atoms with Crippen LogP contribution in [-0.2, 0) is 50.9 Å². The fraction of sp³-hybridized carbons (Fsp3) is 0.818. The molecule has 5 rings (SSSR count). The molecule has 17 nitrogen and oxygen atoms in total. The highest BCUT2D eigenvalue weighted by Gasteiger charge is 2.53. The second kappa shape index (κ2) is 26.3. The van der Waals surface area contributed by atoms with Gasteiger partial charge in [0.25, 0.3) is 0 Å². The molecule has 2 aromatic rings. The summed E-state index contributed by atoms with van der Waals surface area (Å²) in [5.41, 5.74) is -0.361. The molecule has 3 saturated heterocycles. The van der Waals surface area contributed by atoms with E-state index in [4.69, 9.17) is 28.4 Å². The number of alkyl halides is 1. The lowest BCUT2D eigenvalue weighted by atomic mass is 9.69. The molecule has 1 aromatic heterocycles. The maximum atomic E-state index is 14.9. The number of hydrogen-bond donors (Lipinski definition) is 3. The molecule has 73 heavy (non-hydrogen) atoms. The van der Waals surface area contributed by atoms with Crippen molar-refractivity contribution in [1.29, 1.82) is 0 Å². The van der Waals surface area contributed by atoms with Gasteiger partial charge in [0.05, 0.1) is 48.0 Å². The van der Waals surface area contributed by atoms with E-state index in [-0.39, 0.29) is 48.6 Å². The predicted molar refractivity (Wildman–Crippen MR) is 276 cm³/mol. The van der Waals surface area contributed by atoms with Gasteiger partial charge in [-0.05, 0) is 96.9 Å². The highest BCUT2D eigenvalue weighted by Crippen LogP contribution is 2.44. The van der Waals surface area contributed by atoms with Gasteiger partial charge in [-0.15, -0.1) is 5.10 Å². The number of cyclic esters (lactones) is 1. The summed E-state index contributed by atoms with van der Waals surface area (Å²) in [5, 5.41) is 43.8. The van der Waals surface area contributed by atoms with E-state index in [1.807, 2.05) is 65.9 Å². The topological polar surface area (TPSA) is 191 Å². The van der Waals surface area contributed by atoms with E-state index in [0.29, 0.717) is 32.4 Å². The fourth-order valence-electron chi connectivity index (χ4n) is 12.1. The summed E-state index contributed by atoms with van der Waals surface area (Å²) < 4.78 is 55.1. The molecule has 3 unspecified atom stereocenters. The highest BCUT2D eigenvalue weighted by molar-refractivity contribution is 5.78. The number of likely N-dealkylation sites (N-methyl/N-ethyl adjacent to an activating group) is 3. The maximum Gasteiger partial charge on any atom is 0.309 e. The Morgan fingerprint density at radius 2 is 1.66 bits per heavy atom. The van der Waals surface area contributed by atoms with Gasteiger partial charge < -0.3 is 58.4 Å². The van der Waals surface area contributed by atoms with Crippen LogP contribution < -0.4 is 0 Å². The summed E-state index contributed by atoms with van der Waals surface area (Å²) in [6.07, 6.45) is -0.716. The summed E-state index contributed by atoms with van der Waals surface area (Å²) in [6, 6.07) is 6.34. The van der Waals surface area contributed by atoms with Crippen LogP contribution in [0.25, 0.3) is 0 Å². The van der Waals surface area contributed by atoms with Crippen molar-refractivity contribution < 1.29 is 57.7 Å². The quantitative estimate of drug-likeness (QED) is 0.170. The lowest BCUT2D eigenvalue weighted by molar-refractivity contribution is -0.257. The van der Waals surface area contributed by atoms with Crippen LogP contribution in [0.4, 0.5) is 4.39 Å². The number of carbonyl (C=O) groups excluding carboxylic acids is 2. The third kappa shape index (κ3) is 14.7. The van der Waals surface area contributed by atoms with Gasteiger partial charge in [0.15, 0.2) is 6.29 Å². The average Bonchev–Trinajstić information content (AvgIpc) is 3.82. The summed E-state index contributed by atoms with van der Waals surface area (Å²) in [7, 11) is 10.6. The van der Waals surface area contributed by atoms with Crippen molar-refractivity contribution in [2.24, 2.45) is 29.6 Å². The van der Waals surface area contributed by atoms with Gasteiger partial charge in [0.2, 0.25) is 5.91 Å². The summed E-state index contributed by atoms with van der Waals surface area (Å²) in [4.78, 5) is 32.8. The van der Waals surface area contributed by atoms with Crippen LogP contribution in [0.1, 0.15) is 130 Å². The molecular weight excluding hydrogens is 940 g/mol. The van der Waals surface area contributed by atoms with Crippen molar-refractivity contribution in [3.63, 3.8) is 0 Å². The zero-order chi connectivity index (χ0) is 54.3. The minimum absolute atomic E-state index is 0.00617. The highest BCUT2D eigenvalue weighted by atomic mass is 19.1. The van der Waals surface area contributed by atoms with Gasteiger partial charge in [-0.2, -0.15) is 0 Å². The minimum Gasteiger partial charge on any atom is -0.459 e. The van der Waals surface area contributed by atoms with Crippen LogP contribution >= 0.6 is 0 Å². The maximum absolute atomic E-state index is 14.9. The Kier molecular flexibility index (Phi) is 21.8. The van der Waals surface area contributed by atoms with Crippen LogP contribution in [0.5, 0.6) is 0 Å². The van der Waals surface area contributed by atoms with Crippen LogP contribution in [0, 0.1) is 29.6 Å². The number of aliphatic hydroxyl groups excluding tert-OH is 2. The van der Waals surface area contributed by atoms with E-state index in [1.54, 1.807) is 51.0 Å². The first-order valence-corrected chi connectivity index (χ1v) is 26.8. The number of aromatic nitrogens is 3. The lowest BCUT2D eigenvalue weighted by Crippen LogP contribution is -2.60. The van der Waals surface area contributed by atoms with Gasteiger partial charge in [0, 0.05) is 84.9 Å². The Bertz CT molecular complexity index is 2030. The number of methoxy groups -OCH3 is 2. The Hall–Kier alpha value is -3.17. The molecule has 19 atom stereocenters. The second-order valence-corrected chi connectivity index (χ2v) is 22.9. The van der Waals surface area contributed by atoms with Gasteiger partial charge in [-0.25, -0.2) is 9.07 Å². The van der Waals surface area contributed by atoms with Crippen molar-refractivity contribution in [1.82, 2.24) is 29.7 Å². The number of ether oxygens (including phenoxy) is 6. The first kappa shape index (κ1) is 60.7. The first-order valence-electron chi connectivity index (χ1n) is 26.8. The van der Waals surface area contributed by atoms with E-state index >= 15 is 0 Å². The number of nitrogens with zero attached hydrogens (tertiary/aromatic N) is 6. The zero-order valence-electron chi connectivity index (χ0n) is 46.9. The third-order valence-electron chi connectivity index (χ3n) is 16.9. The monoisotopic (exact) mass is 1030 g/mol. The number of benzene rings is 1. The number of amides is 1. The van der Waals surface area contributed by atoms with Crippen LogP contribution in [0.2, 0.25) is 0 Å². The third-order valence-corrected chi connectivity index (χ3v) is 16.9. The molecule has 3 aliphatic rings. The molecule has 4 heterocycles. The molecule has 1 amide bonds. The Labute approximate surface area is 435 Å². The van der Waals surface area contributed by atoms with Crippen molar-refractivity contribution in [3.8, 4) is 0 Å². The normalized spacial score (nSPS) is 37.5. The molecule has 1 aromatic carbocycles. The van der Waals surface area contributed by atoms with E-state index in [0.717, 1.165) is 29.7 Å². The van der Waals surface area contributed by atoms with E-state index in [2.05, 4.69) is 54.9 Å². The summed E-state index contributed by atoms with van der Waals surface area (Å²) in [6.45, 7) is 19.9. The molecule has 0 bridgehead atoms. The van der Waals surface area contributed by atoms with Crippen LogP contribution in [0.3, 0.4) is 0 Å². The molecule has 416 valence electrons. The number of hydrogen-bond acceptors (Lipinski definition) is 15. The Morgan fingerprint density at radius 1 is 0.986 bits per heavy atom. The first-order chi connectivity index (χ1) is 34.3. The molecule has 0 spiro atoms. The molecule has 3 fully saturated rings. The number of esters is 1. The minimum atomic E-state index is -1.75. The Balaban J connectivity index is 1.38. The fourth-order valence-corrected chi connectivity index (χ4v) is 12.1. The molecular formula is C55H93FN6O11. The molecule has 0 aliphatic carbocycles. The standard InChI is InChI=1S/C55H93FN6O11/c1-17-45-55(10,67)51(64)37(7)61(14)30-32(2)24-33(3)49(35(5)48(36(6)53(66)72-45)44-28-54(9,69-16)52(65)38(8)71-44)73-47-27-42(25-34(4)70-47)60(13)23-22-41-31-62(58-57-41)43(29-56)50(68-15)40-20-18-39(19-21-40)26-46(63)59(11)12/h18-21,31-38,42-45,47-52,64-65,67H,17,22-30H2,1-16H3/t32-,33+,34-,35+,36-,37-,38+,42+,43?,44?,45-,47+,48+,49+,50?,51-,52+,54-,55-/m1/s1. The predicted octanol–water partition coefficient (Wildman–Crippen LogP) is 5.82. The van der Waals surface area contributed by atoms with Crippen molar-refractivity contribution in [3.05, 3.63) is 47.3 Å². The van der Waals surface area contributed by atoms with E-state index < -0.39 is 96.8 Å². The average molecular weight is 1030 g/mol. The van der Waals surface area contributed by atoms with Gasteiger partial charge in [-0.3, -0.25) is 9.59 Å². The van der Waals surface area contributed by atoms with Gasteiger partial charge in [0.1, 0.15) is 42.7 Å². The Morgan fingerprint density at radius 3 is 2.26 bits per heavy atom. The van der Waals surface area contributed by atoms with E-state index in [9.17, 15) is 29.3 Å². The number of halogens is 1. The molecule has 0 saturated carbocycles. The van der Waals surface area contributed by atoms with Gasteiger partial charge >= 0.3 is 5.97 Å². The lowest BCUT2D eigenvalue weighted by Gasteiger charge is -2.50. The molecule has 18 heteroatoms. The second-order valence-electron chi connectivity index (χ2n) is 22.9. The largest absolute Gasteiger partial charge is 0.459 e.